The molecule has 0 aliphatic heterocycles. The van der Waals surface area contributed by atoms with Crippen LogP contribution in [0.25, 0.3) is 0 Å². The van der Waals surface area contributed by atoms with Gasteiger partial charge in [0.1, 0.15) is 11.9 Å². The number of nitrogens with one attached hydrogen (secondary N) is 1. The zero-order valence-corrected chi connectivity index (χ0v) is 18.7. The van der Waals surface area contributed by atoms with Gasteiger partial charge in [0.25, 0.3) is 5.91 Å². The number of hydrogen-bond acceptors (Lipinski definition) is 4. The summed E-state index contributed by atoms with van der Waals surface area (Å²) in [5.41, 5.74) is 1.61. The molecule has 0 aliphatic carbocycles. The van der Waals surface area contributed by atoms with Crippen LogP contribution < -0.4 is 14.8 Å². The van der Waals surface area contributed by atoms with Crippen molar-refractivity contribution in [1.82, 2.24) is 10.2 Å². The molecule has 0 aromatic heterocycles. The summed E-state index contributed by atoms with van der Waals surface area (Å²) in [4.78, 5) is 27.7. The Bertz CT molecular complexity index is 1060. The van der Waals surface area contributed by atoms with Gasteiger partial charge in [0, 0.05) is 20.0 Å². The lowest BCUT2D eigenvalue weighted by Crippen LogP contribution is -2.51. The Morgan fingerprint density at radius 2 is 1.55 bits per heavy atom. The monoisotopic (exact) mass is 450 g/mol. The van der Waals surface area contributed by atoms with E-state index in [1.54, 1.807) is 36.4 Å². The van der Waals surface area contributed by atoms with E-state index in [9.17, 15) is 14.0 Å². The summed E-state index contributed by atoms with van der Waals surface area (Å²) in [5.74, 6) is -0.123. The van der Waals surface area contributed by atoms with Crippen LogP contribution >= 0.6 is 0 Å². The van der Waals surface area contributed by atoms with Gasteiger partial charge in [0.2, 0.25) is 5.91 Å². The molecule has 3 aromatic carbocycles. The third kappa shape index (κ3) is 6.55. The molecule has 0 saturated heterocycles. The molecule has 7 heteroatoms. The van der Waals surface area contributed by atoms with Gasteiger partial charge in [0.05, 0.1) is 7.11 Å². The van der Waals surface area contributed by atoms with E-state index in [4.69, 9.17) is 9.47 Å². The molecule has 0 spiro atoms. The number of para-hydroxylation sites is 2. The topological polar surface area (TPSA) is 67.9 Å². The Hall–Kier alpha value is -3.87. The minimum Gasteiger partial charge on any atom is -0.493 e. The van der Waals surface area contributed by atoms with Gasteiger partial charge < -0.3 is 19.7 Å². The second-order valence-electron chi connectivity index (χ2n) is 7.41. The van der Waals surface area contributed by atoms with Crippen molar-refractivity contribution in [2.75, 3.05) is 20.8 Å². The first kappa shape index (κ1) is 23.8. The van der Waals surface area contributed by atoms with E-state index in [0.29, 0.717) is 23.5 Å². The van der Waals surface area contributed by atoms with Crippen LogP contribution in [-0.4, -0.2) is 43.5 Å². The highest BCUT2D eigenvalue weighted by atomic mass is 19.1. The SMILES string of the molecule is CNC(=O)[C@H](Cc1ccccc1)N(Cc1ccc(F)cc1)C(=O)COc1ccccc1OC. The van der Waals surface area contributed by atoms with Crippen LogP contribution in [0, 0.1) is 5.82 Å². The molecule has 33 heavy (non-hydrogen) atoms. The third-order valence-corrected chi connectivity index (χ3v) is 5.20. The zero-order chi connectivity index (χ0) is 23.6. The summed E-state index contributed by atoms with van der Waals surface area (Å²) < 4.78 is 24.4. The molecule has 0 radical (unpaired) electrons. The molecular weight excluding hydrogens is 423 g/mol. The Balaban J connectivity index is 1.87. The van der Waals surface area contributed by atoms with E-state index in [-0.39, 0.29) is 30.8 Å². The number of benzene rings is 3. The molecule has 0 heterocycles. The van der Waals surface area contributed by atoms with Crippen LogP contribution in [-0.2, 0) is 22.6 Å². The van der Waals surface area contributed by atoms with E-state index in [1.807, 2.05) is 30.3 Å². The van der Waals surface area contributed by atoms with Crippen molar-refractivity contribution < 1.29 is 23.5 Å². The summed E-state index contributed by atoms with van der Waals surface area (Å²) >= 11 is 0. The quantitative estimate of drug-likeness (QED) is 0.513. The van der Waals surface area contributed by atoms with Crippen LogP contribution in [0.2, 0.25) is 0 Å². The van der Waals surface area contributed by atoms with E-state index in [1.165, 1.54) is 31.2 Å². The lowest BCUT2D eigenvalue weighted by Gasteiger charge is -2.31. The van der Waals surface area contributed by atoms with Gasteiger partial charge in [-0.3, -0.25) is 9.59 Å². The fraction of sp³-hybridized carbons (Fsp3) is 0.231. The molecule has 1 N–H and O–H groups in total. The number of carbonyl (C=O) groups excluding carboxylic acids is 2. The van der Waals surface area contributed by atoms with Gasteiger partial charge in [-0.25, -0.2) is 4.39 Å². The normalized spacial score (nSPS) is 11.4. The largest absolute Gasteiger partial charge is 0.493 e. The number of methoxy groups -OCH3 is 1. The number of nitrogens with zero attached hydrogens (tertiary/aromatic N) is 1. The lowest BCUT2D eigenvalue weighted by molar-refractivity contribution is -0.142. The summed E-state index contributed by atoms with van der Waals surface area (Å²) in [6.45, 7) is -0.164. The van der Waals surface area contributed by atoms with Crippen molar-refractivity contribution in [1.29, 1.82) is 0 Å². The van der Waals surface area contributed by atoms with Crippen molar-refractivity contribution in [3.63, 3.8) is 0 Å². The summed E-state index contributed by atoms with van der Waals surface area (Å²) in [6.07, 6.45) is 0.322. The van der Waals surface area contributed by atoms with E-state index in [0.717, 1.165) is 5.56 Å². The Morgan fingerprint density at radius 3 is 2.18 bits per heavy atom. The molecule has 0 saturated carbocycles. The molecule has 1 atom stereocenters. The Morgan fingerprint density at radius 1 is 0.909 bits per heavy atom. The number of hydrogen-bond donors (Lipinski definition) is 1. The van der Waals surface area contributed by atoms with Gasteiger partial charge in [0.15, 0.2) is 18.1 Å². The van der Waals surface area contributed by atoms with Crippen molar-refractivity contribution in [2.45, 2.75) is 19.0 Å². The number of carbonyl (C=O) groups is 2. The second kappa shape index (κ2) is 11.7. The molecule has 6 nitrogen and oxygen atoms in total. The van der Waals surface area contributed by atoms with Crippen LogP contribution in [0.4, 0.5) is 4.39 Å². The zero-order valence-electron chi connectivity index (χ0n) is 18.7. The van der Waals surface area contributed by atoms with Crippen molar-refractivity contribution in [3.8, 4) is 11.5 Å². The van der Waals surface area contributed by atoms with E-state index >= 15 is 0 Å². The fourth-order valence-corrected chi connectivity index (χ4v) is 3.47. The molecule has 0 unspecified atom stereocenters. The van der Waals surface area contributed by atoms with Gasteiger partial charge in [-0.1, -0.05) is 54.6 Å². The average Bonchev–Trinajstić information content (AvgIpc) is 2.86. The summed E-state index contributed by atoms with van der Waals surface area (Å²) in [7, 11) is 3.05. The van der Waals surface area contributed by atoms with Gasteiger partial charge >= 0.3 is 0 Å². The molecule has 3 rings (SSSR count). The van der Waals surface area contributed by atoms with Gasteiger partial charge in [-0.2, -0.15) is 0 Å². The lowest BCUT2D eigenvalue weighted by atomic mass is 10.0. The minimum absolute atomic E-state index is 0.124. The Labute approximate surface area is 192 Å². The Kier molecular flexibility index (Phi) is 8.41. The molecule has 0 aliphatic rings. The maximum Gasteiger partial charge on any atom is 0.261 e. The van der Waals surface area contributed by atoms with Crippen molar-refractivity contribution in [3.05, 3.63) is 95.8 Å². The van der Waals surface area contributed by atoms with Crippen LogP contribution in [0.5, 0.6) is 11.5 Å². The summed E-state index contributed by atoms with van der Waals surface area (Å²) in [6, 6.07) is 21.6. The molecule has 0 fully saturated rings. The van der Waals surface area contributed by atoms with Gasteiger partial charge in [-0.15, -0.1) is 0 Å². The van der Waals surface area contributed by atoms with E-state index < -0.39 is 6.04 Å². The van der Waals surface area contributed by atoms with Crippen molar-refractivity contribution >= 4 is 11.8 Å². The standard InChI is InChI=1S/C26H27FN2O4/c1-28-26(31)22(16-19-8-4-3-5-9-19)29(17-20-12-14-21(27)15-13-20)25(30)18-33-24-11-7-6-10-23(24)32-2/h3-15,22H,16-18H2,1-2H3,(H,28,31)/t22-/m0/s1. The number of ether oxygens (including phenoxy) is 2. The highest BCUT2D eigenvalue weighted by molar-refractivity contribution is 5.88. The number of rotatable bonds is 10. The van der Waals surface area contributed by atoms with Crippen LogP contribution in [0.3, 0.4) is 0 Å². The molecule has 0 bridgehead atoms. The molecule has 3 aromatic rings. The van der Waals surface area contributed by atoms with Gasteiger partial charge in [-0.05, 0) is 35.4 Å². The third-order valence-electron chi connectivity index (χ3n) is 5.20. The highest BCUT2D eigenvalue weighted by Gasteiger charge is 2.30. The first-order chi connectivity index (χ1) is 16.0. The van der Waals surface area contributed by atoms with E-state index in [2.05, 4.69) is 5.32 Å². The smallest absolute Gasteiger partial charge is 0.261 e. The molecular formula is C26H27FN2O4. The number of amides is 2. The minimum atomic E-state index is -0.781. The average molecular weight is 451 g/mol. The summed E-state index contributed by atoms with van der Waals surface area (Å²) in [5, 5.41) is 2.65. The molecule has 2 amide bonds. The molecule has 172 valence electrons. The predicted octanol–water partition coefficient (Wildman–Crippen LogP) is 3.60. The first-order valence-corrected chi connectivity index (χ1v) is 10.6. The van der Waals surface area contributed by atoms with Crippen molar-refractivity contribution in [2.24, 2.45) is 0 Å². The van der Waals surface area contributed by atoms with Crippen LogP contribution in [0.1, 0.15) is 11.1 Å². The number of halogens is 1. The fourth-order valence-electron chi connectivity index (χ4n) is 3.47. The highest BCUT2D eigenvalue weighted by Crippen LogP contribution is 2.26. The first-order valence-electron chi connectivity index (χ1n) is 10.6. The number of likely N-dealkylation sites (N-methyl/N-ethyl adjacent to an activating group) is 1. The van der Waals surface area contributed by atoms with Crippen LogP contribution in [0.15, 0.2) is 78.9 Å². The predicted molar refractivity (Wildman–Crippen MR) is 123 cm³/mol. The maximum absolute atomic E-state index is 13.4. The second-order valence-corrected chi connectivity index (χ2v) is 7.41. The maximum atomic E-state index is 13.4.